The Kier molecular flexibility index (Phi) is 4.02. The molecule has 1 aromatic carbocycles. The van der Waals surface area contributed by atoms with Gasteiger partial charge in [-0.15, -0.1) is 0 Å². The van der Waals surface area contributed by atoms with Gasteiger partial charge in [0.1, 0.15) is 5.82 Å². The van der Waals surface area contributed by atoms with Crippen molar-refractivity contribution in [1.29, 1.82) is 0 Å². The summed E-state index contributed by atoms with van der Waals surface area (Å²) in [4.78, 5) is 12.0. The number of nitrogens with zero attached hydrogens (tertiary/aromatic N) is 2. The van der Waals surface area contributed by atoms with Gasteiger partial charge in [0, 0.05) is 31.0 Å². The van der Waals surface area contributed by atoms with Crippen LogP contribution in [0, 0.1) is 5.82 Å². The van der Waals surface area contributed by atoms with Crippen LogP contribution in [0.2, 0.25) is 0 Å². The van der Waals surface area contributed by atoms with Crippen LogP contribution in [0.25, 0.3) is 0 Å². The minimum Gasteiger partial charge on any atom is -0.398 e. The van der Waals surface area contributed by atoms with Crippen LogP contribution in [0.1, 0.15) is 28.5 Å². The SMILES string of the molecule is CCc1nn(C)cc1CNC(=O)c1ccc(F)cc1N. The van der Waals surface area contributed by atoms with Crippen LogP contribution in [-0.2, 0) is 20.0 Å². The Balaban J connectivity index is 2.08. The van der Waals surface area contributed by atoms with Crippen LogP contribution >= 0.6 is 0 Å². The largest absolute Gasteiger partial charge is 0.398 e. The molecule has 5 nitrogen and oxygen atoms in total. The molecule has 1 aromatic heterocycles. The molecule has 0 spiro atoms. The highest BCUT2D eigenvalue weighted by Crippen LogP contribution is 2.14. The van der Waals surface area contributed by atoms with Crippen molar-refractivity contribution in [3.05, 3.63) is 47.0 Å². The molecule has 2 aromatic rings. The first kappa shape index (κ1) is 14.0. The van der Waals surface area contributed by atoms with Crippen molar-refractivity contribution in [3.63, 3.8) is 0 Å². The van der Waals surface area contributed by atoms with Gasteiger partial charge >= 0.3 is 0 Å². The van der Waals surface area contributed by atoms with Crippen LogP contribution in [-0.4, -0.2) is 15.7 Å². The molecule has 0 fully saturated rings. The molecule has 6 heteroatoms. The fourth-order valence-electron chi connectivity index (χ4n) is 2.04. The zero-order valence-corrected chi connectivity index (χ0v) is 11.5. The Hall–Kier alpha value is -2.37. The van der Waals surface area contributed by atoms with E-state index in [4.69, 9.17) is 5.73 Å². The number of aryl methyl sites for hydroxylation is 2. The number of nitrogens with one attached hydrogen (secondary N) is 1. The molecule has 1 amide bonds. The van der Waals surface area contributed by atoms with E-state index in [0.717, 1.165) is 23.7 Å². The summed E-state index contributed by atoms with van der Waals surface area (Å²) in [6, 6.07) is 3.73. The summed E-state index contributed by atoms with van der Waals surface area (Å²) in [6.45, 7) is 2.37. The molecule has 0 saturated heterocycles. The van der Waals surface area contributed by atoms with E-state index in [1.54, 1.807) is 4.68 Å². The molecular formula is C14H17FN4O. The molecule has 0 aliphatic heterocycles. The second kappa shape index (κ2) is 5.73. The number of aromatic nitrogens is 2. The predicted octanol–water partition coefficient (Wildman–Crippen LogP) is 1.63. The maximum absolute atomic E-state index is 12.9. The highest BCUT2D eigenvalue weighted by molar-refractivity contribution is 5.99. The van der Waals surface area contributed by atoms with E-state index in [-0.39, 0.29) is 17.2 Å². The number of halogens is 1. The van der Waals surface area contributed by atoms with E-state index < -0.39 is 5.82 Å². The van der Waals surface area contributed by atoms with E-state index >= 15 is 0 Å². The molecule has 20 heavy (non-hydrogen) atoms. The van der Waals surface area contributed by atoms with E-state index in [9.17, 15) is 9.18 Å². The molecule has 1 heterocycles. The van der Waals surface area contributed by atoms with Crippen molar-refractivity contribution in [1.82, 2.24) is 15.1 Å². The Morgan fingerprint density at radius 1 is 1.50 bits per heavy atom. The zero-order valence-electron chi connectivity index (χ0n) is 11.5. The molecular weight excluding hydrogens is 259 g/mol. The molecule has 2 rings (SSSR count). The molecule has 3 N–H and O–H groups in total. The summed E-state index contributed by atoms with van der Waals surface area (Å²) in [5.41, 5.74) is 7.94. The zero-order chi connectivity index (χ0) is 14.7. The van der Waals surface area contributed by atoms with Gasteiger partial charge in [-0.3, -0.25) is 9.48 Å². The van der Waals surface area contributed by atoms with Crippen molar-refractivity contribution >= 4 is 11.6 Å². The van der Waals surface area contributed by atoms with Crippen LogP contribution < -0.4 is 11.1 Å². The lowest BCUT2D eigenvalue weighted by Gasteiger charge is -2.07. The van der Waals surface area contributed by atoms with E-state index in [2.05, 4.69) is 10.4 Å². The minimum absolute atomic E-state index is 0.129. The quantitative estimate of drug-likeness (QED) is 0.834. The number of carbonyl (C=O) groups is 1. The topological polar surface area (TPSA) is 72.9 Å². The third-order valence-corrected chi connectivity index (χ3v) is 3.02. The standard InChI is InChI=1S/C14H17FN4O/c1-3-13-9(8-19(2)18-13)7-17-14(20)11-5-4-10(15)6-12(11)16/h4-6,8H,3,7,16H2,1-2H3,(H,17,20). The van der Waals surface area contributed by atoms with E-state index in [1.807, 2.05) is 20.2 Å². The number of carbonyl (C=O) groups excluding carboxylic acids is 1. The number of nitrogens with two attached hydrogens (primary N) is 1. The van der Waals surface area contributed by atoms with Gasteiger partial charge in [-0.2, -0.15) is 5.10 Å². The van der Waals surface area contributed by atoms with E-state index in [0.29, 0.717) is 6.54 Å². The monoisotopic (exact) mass is 276 g/mol. The maximum Gasteiger partial charge on any atom is 0.253 e. The highest BCUT2D eigenvalue weighted by Gasteiger charge is 2.12. The lowest BCUT2D eigenvalue weighted by Crippen LogP contribution is -2.24. The number of hydrogen-bond donors (Lipinski definition) is 2. The smallest absolute Gasteiger partial charge is 0.253 e. The Bertz CT molecular complexity index is 636. The summed E-state index contributed by atoms with van der Waals surface area (Å²) in [6.07, 6.45) is 2.66. The predicted molar refractivity (Wildman–Crippen MR) is 74.6 cm³/mol. The summed E-state index contributed by atoms with van der Waals surface area (Å²) < 4.78 is 14.7. The average molecular weight is 276 g/mol. The van der Waals surface area contributed by atoms with Gasteiger partial charge in [0.25, 0.3) is 5.91 Å². The fraction of sp³-hybridized carbons (Fsp3) is 0.286. The van der Waals surface area contributed by atoms with Gasteiger partial charge in [0.05, 0.1) is 11.3 Å². The summed E-state index contributed by atoms with van der Waals surface area (Å²) in [7, 11) is 1.84. The van der Waals surface area contributed by atoms with Crippen LogP contribution in [0.15, 0.2) is 24.4 Å². The summed E-state index contributed by atoms with van der Waals surface area (Å²) in [5, 5.41) is 7.07. The normalized spacial score (nSPS) is 10.6. The second-order valence-electron chi connectivity index (χ2n) is 4.54. The van der Waals surface area contributed by atoms with Gasteiger partial charge in [-0.1, -0.05) is 6.92 Å². The third kappa shape index (κ3) is 2.96. The molecule has 106 valence electrons. The number of nitrogen functional groups attached to an aromatic ring is 1. The van der Waals surface area contributed by atoms with Crippen molar-refractivity contribution in [2.75, 3.05) is 5.73 Å². The molecule has 0 bridgehead atoms. The lowest BCUT2D eigenvalue weighted by atomic mass is 10.1. The van der Waals surface area contributed by atoms with Gasteiger partial charge in [0.15, 0.2) is 0 Å². The average Bonchev–Trinajstić information content (AvgIpc) is 2.76. The minimum atomic E-state index is -0.459. The molecule has 0 aliphatic rings. The van der Waals surface area contributed by atoms with Gasteiger partial charge in [-0.25, -0.2) is 4.39 Å². The maximum atomic E-state index is 12.9. The van der Waals surface area contributed by atoms with Crippen molar-refractivity contribution in [2.45, 2.75) is 19.9 Å². The third-order valence-electron chi connectivity index (χ3n) is 3.02. The van der Waals surface area contributed by atoms with Gasteiger partial charge < -0.3 is 11.1 Å². The molecule has 0 unspecified atom stereocenters. The summed E-state index contributed by atoms with van der Waals surface area (Å²) in [5.74, 6) is -0.784. The number of anilines is 1. The van der Waals surface area contributed by atoms with Crippen molar-refractivity contribution < 1.29 is 9.18 Å². The van der Waals surface area contributed by atoms with Crippen LogP contribution in [0.4, 0.5) is 10.1 Å². The first-order valence-electron chi connectivity index (χ1n) is 6.36. The van der Waals surface area contributed by atoms with Crippen LogP contribution in [0.5, 0.6) is 0 Å². The Morgan fingerprint density at radius 3 is 2.90 bits per heavy atom. The number of benzene rings is 1. The number of hydrogen-bond acceptors (Lipinski definition) is 3. The lowest BCUT2D eigenvalue weighted by molar-refractivity contribution is 0.0951. The number of rotatable bonds is 4. The summed E-state index contributed by atoms with van der Waals surface area (Å²) >= 11 is 0. The van der Waals surface area contributed by atoms with Crippen molar-refractivity contribution in [3.8, 4) is 0 Å². The second-order valence-corrected chi connectivity index (χ2v) is 4.54. The first-order chi connectivity index (χ1) is 9.51. The van der Waals surface area contributed by atoms with Gasteiger partial charge in [-0.05, 0) is 24.6 Å². The highest BCUT2D eigenvalue weighted by atomic mass is 19.1. The molecule has 0 saturated carbocycles. The number of amides is 1. The van der Waals surface area contributed by atoms with Gasteiger partial charge in [0.2, 0.25) is 0 Å². The van der Waals surface area contributed by atoms with E-state index in [1.165, 1.54) is 12.1 Å². The van der Waals surface area contributed by atoms with Crippen molar-refractivity contribution in [2.24, 2.45) is 7.05 Å². The molecule has 0 atom stereocenters. The van der Waals surface area contributed by atoms with Crippen LogP contribution in [0.3, 0.4) is 0 Å². The Labute approximate surface area is 116 Å². The molecule has 0 aliphatic carbocycles. The first-order valence-corrected chi connectivity index (χ1v) is 6.36. The fourth-order valence-corrected chi connectivity index (χ4v) is 2.04. The molecule has 0 radical (unpaired) electrons. The Morgan fingerprint density at radius 2 is 2.25 bits per heavy atom.